The number of nitrogens with zero attached hydrogens (tertiary/aromatic N) is 3. The highest BCUT2D eigenvalue weighted by Gasteiger charge is 2.20. The number of aryl methyl sites for hydroxylation is 1. The lowest BCUT2D eigenvalue weighted by molar-refractivity contribution is 0.150. The maximum Gasteiger partial charge on any atom is 0.407 e. The van der Waals surface area contributed by atoms with Crippen LogP contribution in [0.15, 0.2) is 40.8 Å². The molecule has 1 unspecified atom stereocenters. The maximum absolute atomic E-state index is 11.5. The molecule has 0 bridgehead atoms. The number of nitrogens with one attached hydrogen (secondary N) is 2. The molecule has 0 radical (unpaired) electrons. The van der Waals surface area contributed by atoms with Gasteiger partial charge in [0, 0.05) is 25.7 Å². The number of hydrogen-bond acceptors (Lipinski definition) is 6. The Bertz CT molecular complexity index is 1030. The van der Waals surface area contributed by atoms with Gasteiger partial charge in [-0.1, -0.05) is 12.1 Å². The first-order valence-corrected chi connectivity index (χ1v) is 11.5. The quantitative estimate of drug-likeness (QED) is 0.552. The molecule has 32 heavy (non-hydrogen) atoms. The zero-order valence-electron chi connectivity index (χ0n) is 19.0. The van der Waals surface area contributed by atoms with Crippen LogP contribution in [0.3, 0.4) is 0 Å². The molecule has 1 aliphatic rings. The average molecular weight is 440 g/mol. The van der Waals surface area contributed by atoms with E-state index in [1.807, 2.05) is 38.1 Å². The number of carbonyl (C=O) groups is 1. The number of likely N-dealkylation sites (tertiary alicyclic amines) is 1. The van der Waals surface area contributed by atoms with Gasteiger partial charge in [0.1, 0.15) is 11.5 Å². The molecule has 8 heteroatoms. The minimum Gasteiger partial charge on any atom is -0.464 e. The normalized spacial score (nSPS) is 17.2. The van der Waals surface area contributed by atoms with Crippen LogP contribution in [0, 0.1) is 6.92 Å². The van der Waals surface area contributed by atoms with Crippen LogP contribution < -0.4 is 10.6 Å². The number of aromatic nitrogens is 2. The van der Waals surface area contributed by atoms with E-state index >= 15 is 0 Å². The van der Waals surface area contributed by atoms with Gasteiger partial charge in [0.05, 0.1) is 24.2 Å². The van der Waals surface area contributed by atoms with Crippen molar-refractivity contribution in [3.05, 3.63) is 47.9 Å². The molecule has 1 fully saturated rings. The van der Waals surface area contributed by atoms with Crippen LogP contribution in [0.1, 0.15) is 37.7 Å². The molecule has 0 spiro atoms. The van der Waals surface area contributed by atoms with E-state index in [0.717, 1.165) is 67.4 Å². The Balaban J connectivity index is 1.39. The third kappa shape index (κ3) is 5.62. The standard InChI is InChI=1S/C24H33N5O3/c1-3-31-24(30)25-13-16-28-14-6-7-19(12-15-28)26-23-27-21-8-4-5-9-22(21)29(23)17-20-11-10-18(2)32-20/h4-5,8-11,19H,3,6-7,12-17H2,1-2H3,(H,25,30)(H,26,27). The van der Waals surface area contributed by atoms with Crippen molar-refractivity contribution >= 4 is 23.1 Å². The summed E-state index contributed by atoms with van der Waals surface area (Å²) in [6.45, 7) is 8.28. The monoisotopic (exact) mass is 439 g/mol. The fourth-order valence-corrected chi connectivity index (χ4v) is 4.28. The number of imidazole rings is 1. The predicted octanol–water partition coefficient (Wildman–Crippen LogP) is 4.00. The number of rotatable bonds is 8. The molecule has 172 valence electrons. The van der Waals surface area contributed by atoms with Crippen molar-refractivity contribution in [2.75, 3.05) is 38.1 Å². The van der Waals surface area contributed by atoms with Crippen molar-refractivity contribution < 1.29 is 13.9 Å². The van der Waals surface area contributed by atoms with E-state index < -0.39 is 0 Å². The molecule has 4 rings (SSSR count). The largest absolute Gasteiger partial charge is 0.464 e. The molecule has 1 amide bonds. The molecule has 1 atom stereocenters. The summed E-state index contributed by atoms with van der Waals surface area (Å²) in [7, 11) is 0. The summed E-state index contributed by atoms with van der Waals surface area (Å²) in [4.78, 5) is 18.8. The Morgan fingerprint density at radius 1 is 1.22 bits per heavy atom. The minimum atomic E-state index is -0.340. The van der Waals surface area contributed by atoms with Crippen molar-refractivity contribution in [2.45, 2.75) is 45.7 Å². The minimum absolute atomic E-state index is 0.340. The molecule has 1 aliphatic heterocycles. The second-order valence-electron chi connectivity index (χ2n) is 8.28. The van der Waals surface area contributed by atoms with Gasteiger partial charge < -0.3 is 29.3 Å². The highest BCUT2D eigenvalue weighted by atomic mass is 16.5. The molecule has 1 aromatic carbocycles. The van der Waals surface area contributed by atoms with E-state index in [2.05, 4.69) is 32.2 Å². The third-order valence-electron chi connectivity index (χ3n) is 5.89. The summed E-state index contributed by atoms with van der Waals surface area (Å²) in [5, 5.41) is 6.52. The second kappa shape index (κ2) is 10.5. The van der Waals surface area contributed by atoms with Gasteiger partial charge in [-0.2, -0.15) is 0 Å². The third-order valence-corrected chi connectivity index (χ3v) is 5.89. The highest BCUT2D eigenvalue weighted by molar-refractivity contribution is 5.78. The lowest BCUT2D eigenvalue weighted by atomic mass is 10.1. The van der Waals surface area contributed by atoms with Crippen molar-refractivity contribution in [2.24, 2.45) is 0 Å². The van der Waals surface area contributed by atoms with Crippen LogP contribution in [-0.2, 0) is 11.3 Å². The Kier molecular flexibility index (Phi) is 7.32. The first-order chi connectivity index (χ1) is 15.6. The summed E-state index contributed by atoms with van der Waals surface area (Å²) < 4.78 is 13.0. The zero-order valence-corrected chi connectivity index (χ0v) is 19.0. The highest BCUT2D eigenvalue weighted by Crippen LogP contribution is 2.24. The van der Waals surface area contributed by atoms with Gasteiger partial charge in [0.15, 0.2) is 0 Å². The van der Waals surface area contributed by atoms with E-state index in [1.165, 1.54) is 0 Å². The molecule has 3 heterocycles. The van der Waals surface area contributed by atoms with Crippen LogP contribution in [0.5, 0.6) is 0 Å². The van der Waals surface area contributed by atoms with E-state index in [0.29, 0.717) is 25.7 Å². The SMILES string of the molecule is CCOC(=O)NCCN1CCCC(Nc2nc3ccccc3n2Cc2ccc(C)o2)CC1. The number of hydrogen-bond donors (Lipinski definition) is 2. The first kappa shape index (κ1) is 22.2. The van der Waals surface area contributed by atoms with Gasteiger partial charge >= 0.3 is 6.09 Å². The van der Waals surface area contributed by atoms with Crippen LogP contribution in [-0.4, -0.2) is 59.4 Å². The van der Waals surface area contributed by atoms with Crippen LogP contribution in [0.2, 0.25) is 0 Å². The van der Waals surface area contributed by atoms with Gasteiger partial charge in [0.25, 0.3) is 0 Å². The number of amides is 1. The van der Waals surface area contributed by atoms with Crippen LogP contribution in [0.25, 0.3) is 11.0 Å². The number of alkyl carbamates (subject to hydrolysis) is 1. The van der Waals surface area contributed by atoms with E-state index in [-0.39, 0.29) is 6.09 Å². The average Bonchev–Trinajstić information content (AvgIpc) is 3.26. The Morgan fingerprint density at radius 3 is 2.91 bits per heavy atom. The van der Waals surface area contributed by atoms with Crippen molar-refractivity contribution in [1.29, 1.82) is 0 Å². The number of fused-ring (bicyclic) bond motifs is 1. The molecule has 1 saturated heterocycles. The fraction of sp³-hybridized carbons (Fsp3) is 0.500. The van der Waals surface area contributed by atoms with Crippen molar-refractivity contribution in [3.8, 4) is 0 Å². The first-order valence-electron chi connectivity index (χ1n) is 11.5. The summed E-state index contributed by atoms with van der Waals surface area (Å²) in [5.74, 6) is 2.73. The maximum atomic E-state index is 11.5. The molecule has 0 saturated carbocycles. The van der Waals surface area contributed by atoms with E-state index in [9.17, 15) is 4.79 Å². The van der Waals surface area contributed by atoms with Crippen LogP contribution in [0.4, 0.5) is 10.7 Å². The Hall–Kier alpha value is -3.00. The topological polar surface area (TPSA) is 84.6 Å². The van der Waals surface area contributed by atoms with Gasteiger partial charge in [-0.3, -0.25) is 0 Å². The summed E-state index contributed by atoms with van der Waals surface area (Å²) >= 11 is 0. The number of ether oxygens (including phenoxy) is 1. The summed E-state index contributed by atoms with van der Waals surface area (Å²) in [6, 6.07) is 12.6. The van der Waals surface area contributed by atoms with Gasteiger partial charge in [-0.15, -0.1) is 0 Å². The predicted molar refractivity (Wildman–Crippen MR) is 125 cm³/mol. The number of benzene rings is 1. The number of anilines is 1. The molecular weight excluding hydrogens is 406 g/mol. The van der Waals surface area contributed by atoms with E-state index in [4.69, 9.17) is 14.1 Å². The number of carbonyl (C=O) groups excluding carboxylic acids is 1. The lowest BCUT2D eigenvalue weighted by Crippen LogP contribution is -2.36. The molecule has 2 aromatic heterocycles. The molecule has 2 N–H and O–H groups in total. The van der Waals surface area contributed by atoms with Crippen molar-refractivity contribution in [3.63, 3.8) is 0 Å². The second-order valence-corrected chi connectivity index (χ2v) is 8.28. The summed E-state index contributed by atoms with van der Waals surface area (Å²) in [5.41, 5.74) is 2.09. The Labute approximate surface area is 188 Å². The molecule has 3 aromatic rings. The van der Waals surface area contributed by atoms with E-state index in [1.54, 1.807) is 0 Å². The summed E-state index contributed by atoms with van der Waals surface area (Å²) in [6.07, 6.45) is 2.88. The number of para-hydroxylation sites is 2. The van der Waals surface area contributed by atoms with Gasteiger partial charge in [-0.25, -0.2) is 9.78 Å². The van der Waals surface area contributed by atoms with Crippen LogP contribution >= 0.6 is 0 Å². The fourth-order valence-electron chi connectivity index (χ4n) is 4.28. The number of furan rings is 1. The molecule has 8 nitrogen and oxygen atoms in total. The zero-order chi connectivity index (χ0) is 22.3. The van der Waals surface area contributed by atoms with Crippen molar-refractivity contribution in [1.82, 2.24) is 19.8 Å². The lowest BCUT2D eigenvalue weighted by Gasteiger charge is -2.21. The Morgan fingerprint density at radius 2 is 2.09 bits per heavy atom. The van der Waals surface area contributed by atoms with Gasteiger partial charge in [0.2, 0.25) is 5.95 Å². The smallest absolute Gasteiger partial charge is 0.407 e. The van der Waals surface area contributed by atoms with Gasteiger partial charge in [-0.05, 0) is 63.9 Å². The molecule has 0 aliphatic carbocycles. The molecular formula is C24H33N5O3.